The van der Waals surface area contributed by atoms with Gasteiger partial charge in [-0.3, -0.25) is 4.79 Å². The van der Waals surface area contributed by atoms with Crippen molar-refractivity contribution in [2.24, 2.45) is 5.41 Å². The van der Waals surface area contributed by atoms with E-state index in [2.05, 4.69) is 4.74 Å². The van der Waals surface area contributed by atoms with Crippen LogP contribution in [0.15, 0.2) is 12.1 Å². The second kappa shape index (κ2) is 6.87. The summed E-state index contributed by atoms with van der Waals surface area (Å²) in [4.78, 5) is 24.0. The van der Waals surface area contributed by atoms with Crippen molar-refractivity contribution in [3.8, 4) is 0 Å². The Kier molecular flexibility index (Phi) is 5.74. The standard InChI is InChI=1S/C18H24F2O4/c1-17(2,3)14(16(22)24-18(4,5)6)13-11(19)8-10(9-12(13)20)15(21)23-7/h8-9,14H,1-7H3. The van der Waals surface area contributed by atoms with Gasteiger partial charge in [0.2, 0.25) is 0 Å². The number of hydrogen-bond acceptors (Lipinski definition) is 4. The Morgan fingerprint density at radius 3 is 1.79 bits per heavy atom. The van der Waals surface area contributed by atoms with Gasteiger partial charge in [0.1, 0.15) is 17.2 Å². The zero-order chi connectivity index (χ0) is 18.9. The molecule has 0 aliphatic heterocycles. The van der Waals surface area contributed by atoms with Crippen molar-refractivity contribution >= 4 is 11.9 Å². The lowest BCUT2D eigenvalue weighted by Gasteiger charge is -2.32. The van der Waals surface area contributed by atoms with Crippen LogP contribution in [0.5, 0.6) is 0 Å². The number of carbonyl (C=O) groups is 2. The number of benzene rings is 1. The van der Waals surface area contributed by atoms with Gasteiger partial charge in [0.05, 0.1) is 18.6 Å². The minimum Gasteiger partial charge on any atom is -0.465 e. The van der Waals surface area contributed by atoms with Crippen LogP contribution in [0.4, 0.5) is 8.78 Å². The smallest absolute Gasteiger partial charge is 0.338 e. The van der Waals surface area contributed by atoms with Gasteiger partial charge < -0.3 is 9.47 Å². The van der Waals surface area contributed by atoms with Crippen LogP contribution in [0.3, 0.4) is 0 Å². The summed E-state index contributed by atoms with van der Waals surface area (Å²) in [7, 11) is 1.12. The van der Waals surface area contributed by atoms with Gasteiger partial charge in [0.25, 0.3) is 0 Å². The third-order valence-electron chi connectivity index (χ3n) is 3.30. The van der Waals surface area contributed by atoms with E-state index in [1.807, 2.05) is 0 Å². The van der Waals surface area contributed by atoms with Gasteiger partial charge in [0, 0.05) is 5.56 Å². The van der Waals surface area contributed by atoms with Crippen molar-refractivity contribution in [2.75, 3.05) is 7.11 Å². The van der Waals surface area contributed by atoms with Gasteiger partial charge in [-0.25, -0.2) is 13.6 Å². The van der Waals surface area contributed by atoms with E-state index < -0.39 is 46.1 Å². The molecule has 0 aliphatic rings. The van der Waals surface area contributed by atoms with Crippen LogP contribution in [-0.4, -0.2) is 24.6 Å². The molecule has 0 N–H and O–H groups in total. The van der Waals surface area contributed by atoms with Gasteiger partial charge in [-0.1, -0.05) is 20.8 Å². The van der Waals surface area contributed by atoms with Crippen LogP contribution in [0.25, 0.3) is 0 Å². The van der Waals surface area contributed by atoms with E-state index in [-0.39, 0.29) is 5.56 Å². The first-order chi connectivity index (χ1) is 10.8. The zero-order valence-electron chi connectivity index (χ0n) is 15.1. The highest BCUT2D eigenvalue weighted by Gasteiger charge is 2.40. The summed E-state index contributed by atoms with van der Waals surface area (Å²) in [5.74, 6) is -4.71. The Labute approximate surface area is 141 Å². The van der Waals surface area contributed by atoms with Crippen molar-refractivity contribution in [3.63, 3.8) is 0 Å². The lowest BCUT2D eigenvalue weighted by atomic mass is 9.75. The molecule has 0 bridgehead atoms. The summed E-state index contributed by atoms with van der Waals surface area (Å²) in [6.07, 6.45) is 0. The predicted octanol–water partition coefficient (Wildman–Crippen LogP) is 4.22. The summed E-state index contributed by atoms with van der Waals surface area (Å²) in [6, 6.07) is 1.74. The number of ether oxygens (including phenoxy) is 2. The molecule has 0 heterocycles. The SMILES string of the molecule is COC(=O)c1cc(F)c(C(C(=O)OC(C)(C)C)C(C)(C)C)c(F)c1. The van der Waals surface area contributed by atoms with Crippen LogP contribution in [-0.2, 0) is 14.3 Å². The number of halogens is 2. The maximum Gasteiger partial charge on any atom is 0.338 e. The van der Waals surface area contributed by atoms with Crippen LogP contribution in [0.1, 0.15) is 63.4 Å². The lowest BCUT2D eigenvalue weighted by molar-refractivity contribution is -0.159. The number of methoxy groups -OCH3 is 1. The highest BCUT2D eigenvalue weighted by Crippen LogP contribution is 2.39. The van der Waals surface area contributed by atoms with Crippen molar-refractivity contribution in [1.29, 1.82) is 0 Å². The number of rotatable bonds is 3. The molecule has 0 radical (unpaired) electrons. The predicted molar refractivity (Wildman–Crippen MR) is 85.7 cm³/mol. The molecule has 4 nitrogen and oxygen atoms in total. The first-order valence-electron chi connectivity index (χ1n) is 7.58. The molecule has 0 saturated carbocycles. The average molecular weight is 342 g/mol. The number of esters is 2. The third kappa shape index (κ3) is 4.76. The fourth-order valence-electron chi connectivity index (χ4n) is 2.36. The van der Waals surface area contributed by atoms with E-state index in [1.165, 1.54) is 0 Å². The molecule has 6 heteroatoms. The molecule has 0 saturated heterocycles. The van der Waals surface area contributed by atoms with Crippen LogP contribution in [0.2, 0.25) is 0 Å². The fraction of sp³-hybridized carbons (Fsp3) is 0.556. The minimum atomic E-state index is -1.16. The van der Waals surface area contributed by atoms with Gasteiger partial charge >= 0.3 is 11.9 Å². The largest absolute Gasteiger partial charge is 0.465 e. The van der Waals surface area contributed by atoms with E-state index >= 15 is 0 Å². The molecule has 0 aliphatic carbocycles. The van der Waals surface area contributed by atoms with E-state index in [9.17, 15) is 18.4 Å². The molecule has 0 aromatic heterocycles. The molecule has 0 amide bonds. The van der Waals surface area contributed by atoms with Crippen molar-refractivity contribution in [2.45, 2.75) is 53.1 Å². The van der Waals surface area contributed by atoms with Gasteiger partial charge in [-0.2, -0.15) is 0 Å². The molecule has 134 valence electrons. The zero-order valence-corrected chi connectivity index (χ0v) is 15.1. The second-order valence-electron chi connectivity index (χ2n) is 7.68. The van der Waals surface area contributed by atoms with Crippen molar-refractivity contribution in [1.82, 2.24) is 0 Å². The van der Waals surface area contributed by atoms with Crippen LogP contribution >= 0.6 is 0 Å². The van der Waals surface area contributed by atoms with E-state index in [4.69, 9.17) is 4.74 Å². The van der Waals surface area contributed by atoms with E-state index in [0.717, 1.165) is 19.2 Å². The highest BCUT2D eigenvalue weighted by molar-refractivity contribution is 5.89. The first-order valence-corrected chi connectivity index (χ1v) is 7.58. The number of carbonyl (C=O) groups excluding carboxylic acids is 2. The summed E-state index contributed by atoms with van der Waals surface area (Å²) in [5.41, 5.74) is -2.26. The topological polar surface area (TPSA) is 52.6 Å². The highest BCUT2D eigenvalue weighted by atomic mass is 19.1. The second-order valence-corrected chi connectivity index (χ2v) is 7.68. The fourth-order valence-corrected chi connectivity index (χ4v) is 2.36. The summed E-state index contributed by atoms with van der Waals surface area (Å²) < 4.78 is 38.8. The maximum absolute atomic E-state index is 14.5. The normalized spacial score (nSPS) is 13.4. The molecular formula is C18H24F2O4. The summed E-state index contributed by atoms with van der Waals surface area (Å²) in [5, 5.41) is 0. The molecule has 1 rings (SSSR count). The molecule has 1 aromatic carbocycles. The van der Waals surface area contributed by atoms with Crippen molar-refractivity contribution in [3.05, 3.63) is 34.9 Å². The van der Waals surface area contributed by atoms with Gasteiger partial charge in [0.15, 0.2) is 0 Å². The maximum atomic E-state index is 14.5. The molecule has 1 unspecified atom stereocenters. The summed E-state index contributed by atoms with van der Waals surface area (Å²) >= 11 is 0. The Bertz CT molecular complexity index is 616. The van der Waals surface area contributed by atoms with E-state index in [0.29, 0.717) is 0 Å². The Balaban J connectivity index is 3.45. The van der Waals surface area contributed by atoms with E-state index in [1.54, 1.807) is 41.5 Å². The van der Waals surface area contributed by atoms with Gasteiger partial charge in [-0.15, -0.1) is 0 Å². The Morgan fingerprint density at radius 2 is 1.46 bits per heavy atom. The molecular weight excluding hydrogens is 318 g/mol. The quantitative estimate of drug-likeness (QED) is 0.772. The molecule has 0 fully saturated rings. The van der Waals surface area contributed by atoms with Crippen molar-refractivity contribution < 1.29 is 27.8 Å². The van der Waals surface area contributed by atoms with Gasteiger partial charge in [-0.05, 0) is 38.3 Å². The molecule has 1 aromatic rings. The molecule has 24 heavy (non-hydrogen) atoms. The lowest BCUT2D eigenvalue weighted by Crippen LogP contribution is -2.35. The Hall–Kier alpha value is -1.98. The number of hydrogen-bond donors (Lipinski definition) is 0. The summed E-state index contributed by atoms with van der Waals surface area (Å²) in [6.45, 7) is 10.1. The molecule has 1 atom stereocenters. The van der Waals surface area contributed by atoms with Crippen LogP contribution < -0.4 is 0 Å². The Morgan fingerprint density at radius 1 is 1.00 bits per heavy atom. The van der Waals surface area contributed by atoms with Crippen LogP contribution in [0, 0.1) is 17.0 Å². The average Bonchev–Trinajstić information content (AvgIpc) is 2.37. The monoisotopic (exact) mass is 342 g/mol. The first kappa shape index (κ1) is 20.1. The minimum absolute atomic E-state index is 0.256. The molecule has 0 spiro atoms. The third-order valence-corrected chi connectivity index (χ3v) is 3.30.